The van der Waals surface area contributed by atoms with Crippen LogP contribution in [0.15, 0.2) is 47.2 Å². The van der Waals surface area contributed by atoms with Gasteiger partial charge in [-0.05, 0) is 40.8 Å². The highest BCUT2D eigenvalue weighted by molar-refractivity contribution is 7.07. The van der Waals surface area contributed by atoms with Gasteiger partial charge in [0.15, 0.2) is 0 Å². The largest absolute Gasteiger partial charge is 0.335 e. The van der Waals surface area contributed by atoms with Gasteiger partial charge in [-0.2, -0.15) is 11.3 Å². The molecule has 21 heavy (non-hydrogen) atoms. The maximum absolute atomic E-state index is 12.7. The van der Waals surface area contributed by atoms with Crippen molar-refractivity contribution in [1.82, 2.24) is 4.90 Å². The molecule has 1 aliphatic rings. The van der Waals surface area contributed by atoms with Crippen molar-refractivity contribution < 1.29 is 4.79 Å². The molecule has 1 atom stereocenters. The number of rotatable bonds is 3. The van der Waals surface area contributed by atoms with Crippen LogP contribution in [0, 0.1) is 0 Å². The quantitative estimate of drug-likeness (QED) is 0.821. The maximum Gasteiger partial charge on any atom is 0.227 e. The molecule has 2 nitrogen and oxygen atoms in total. The van der Waals surface area contributed by atoms with E-state index in [1.807, 2.05) is 11.4 Å². The lowest BCUT2D eigenvalue weighted by molar-refractivity contribution is -0.132. The second-order valence-electron chi connectivity index (χ2n) is 5.67. The van der Waals surface area contributed by atoms with Crippen LogP contribution in [0.2, 0.25) is 0 Å². The van der Waals surface area contributed by atoms with Crippen LogP contribution in [-0.2, 0) is 11.2 Å². The molecular formula is C18H21NOS. The number of nitrogens with zero attached hydrogens (tertiary/aromatic N) is 1. The number of carbonyl (C=O) groups is 1. The summed E-state index contributed by atoms with van der Waals surface area (Å²) in [6, 6.07) is 12.8. The highest BCUT2D eigenvalue weighted by atomic mass is 32.1. The molecule has 0 aliphatic carbocycles. The third kappa shape index (κ3) is 3.53. The number of likely N-dealkylation sites (tertiary alicyclic amines) is 1. The Bertz CT molecular complexity index is 564. The summed E-state index contributed by atoms with van der Waals surface area (Å²) < 4.78 is 0. The first-order valence-corrected chi connectivity index (χ1v) is 8.64. The van der Waals surface area contributed by atoms with Crippen molar-refractivity contribution in [2.24, 2.45) is 0 Å². The van der Waals surface area contributed by atoms with Gasteiger partial charge < -0.3 is 4.90 Å². The summed E-state index contributed by atoms with van der Waals surface area (Å²) in [6.07, 6.45) is 5.18. The Labute approximate surface area is 130 Å². The van der Waals surface area contributed by atoms with Gasteiger partial charge in [-0.25, -0.2) is 0 Å². The van der Waals surface area contributed by atoms with Crippen LogP contribution in [-0.4, -0.2) is 17.4 Å². The molecule has 0 bridgehead atoms. The highest BCUT2D eigenvalue weighted by Gasteiger charge is 2.26. The van der Waals surface area contributed by atoms with Crippen LogP contribution in [0.3, 0.4) is 0 Å². The number of hydrogen-bond donors (Lipinski definition) is 0. The number of thiophene rings is 1. The zero-order valence-electron chi connectivity index (χ0n) is 12.2. The van der Waals surface area contributed by atoms with Crippen molar-refractivity contribution in [1.29, 1.82) is 0 Å². The van der Waals surface area contributed by atoms with E-state index in [-0.39, 0.29) is 11.9 Å². The summed E-state index contributed by atoms with van der Waals surface area (Å²) in [5.74, 6) is 0.268. The van der Waals surface area contributed by atoms with Crippen molar-refractivity contribution >= 4 is 17.2 Å². The van der Waals surface area contributed by atoms with E-state index in [2.05, 4.69) is 40.6 Å². The van der Waals surface area contributed by atoms with Crippen LogP contribution in [0.25, 0.3) is 0 Å². The summed E-state index contributed by atoms with van der Waals surface area (Å²) >= 11 is 1.66. The summed E-state index contributed by atoms with van der Waals surface area (Å²) in [5, 5.41) is 4.12. The predicted octanol–water partition coefficient (Wildman–Crippen LogP) is 4.43. The highest BCUT2D eigenvalue weighted by Crippen LogP contribution is 2.30. The number of hydrogen-bond acceptors (Lipinski definition) is 2. The molecule has 1 fully saturated rings. The molecule has 0 radical (unpaired) electrons. The number of carbonyl (C=O) groups excluding carboxylic acids is 1. The monoisotopic (exact) mass is 299 g/mol. The first-order chi connectivity index (χ1) is 10.3. The first kappa shape index (κ1) is 14.3. The summed E-state index contributed by atoms with van der Waals surface area (Å²) in [7, 11) is 0. The lowest BCUT2D eigenvalue weighted by atomic mass is 10.0. The Hall–Kier alpha value is -1.61. The Morgan fingerprint density at radius 2 is 2.00 bits per heavy atom. The summed E-state index contributed by atoms with van der Waals surface area (Å²) in [5.41, 5.74) is 2.42. The van der Waals surface area contributed by atoms with Gasteiger partial charge >= 0.3 is 0 Å². The van der Waals surface area contributed by atoms with Crippen LogP contribution in [0.4, 0.5) is 0 Å². The molecule has 0 saturated carbocycles. The molecule has 1 amide bonds. The molecule has 0 spiro atoms. The molecule has 1 aromatic heterocycles. The van der Waals surface area contributed by atoms with E-state index in [0.717, 1.165) is 24.9 Å². The Morgan fingerprint density at radius 3 is 2.76 bits per heavy atom. The van der Waals surface area contributed by atoms with Crippen LogP contribution < -0.4 is 0 Å². The van der Waals surface area contributed by atoms with Gasteiger partial charge in [-0.15, -0.1) is 0 Å². The minimum Gasteiger partial charge on any atom is -0.335 e. The SMILES string of the molecule is O=C(Cc1ccsc1)N1CCCCCC1c1ccccc1. The Morgan fingerprint density at radius 1 is 1.14 bits per heavy atom. The van der Waals surface area contributed by atoms with Crippen molar-refractivity contribution in [3.63, 3.8) is 0 Å². The lowest BCUT2D eigenvalue weighted by Crippen LogP contribution is -2.35. The lowest BCUT2D eigenvalue weighted by Gasteiger charge is -2.30. The molecule has 2 aromatic rings. The molecule has 2 heterocycles. The van der Waals surface area contributed by atoms with Crippen molar-refractivity contribution in [3.8, 4) is 0 Å². The molecule has 1 aliphatic heterocycles. The molecular weight excluding hydrogens is 278 g/mol. The standard InChI is InChI=1S/C18H21NOS/c20-18(13-15-10-12-21-14-15)19-11-6-2-5-9-17(19)16-7-3-1-4-8-16/h1,3-4,7-8,10,12,14,17H,2,5-6,9,11,13H2. The average Bonchev–Trinajstić information content (AvgIpc) is 2.89. The predicted molar refractivity (Wildman–Crippen MR) is 87.4 cm³/mol. The topological polar surface area (TPSA) is 20.3 Å². The molecule has 3 heteroatoms. The van der Waals surface area contributed by atoms with E-state index in [9.17, 15) is 4.79 Å². The van der Waals surface area contributed by atoms with Crippen molar-refractivity contribution in [2.45, 2.75) is 38.1 Å². The summed E-state index contributed by atoms with van der Waals surface area (Å²) in [4.78, 5) is 14.8. The molecule has 110 valence electrons. The maximum atomic E-state index is 12.7. The number of benzene rings is 1. The van der Waals surface area contributed by atoms with E-state index in [1.165, 1.54) is 18.4 Å². The van der Waals surface area contributed by atoms with Crippen molar-refractivity contribution in [2.75, 3.05) is 6.54 Å². The fourth-order valence-corrected chi connectivity index (χ4v) is 3.77. The minimum absolute atomic E-state index is 0.250. The van der Waals surface area contributed by atoms with Gasteiger partial charge in [0.05, 0.1) is 12.5 Å². The van der Waals surface area contributed by atoms with Gasteiger partial charge in [0.25, 0.3) is 0 Å². The van der Waals surface area contributed by atoms with E-state index in [4.69, 9.17) is 0 Å². The normalized spacial score (nSPS) is 19.2. The third-order valence-corrected chi connectivity index (χ3v) is 4.92. The average molecular weight is 299 g/mol. The zero-order chi connectivity index (χ0) is 14.5. The molecule has 1 aromatic carbocycles. The molecule has 1 unspecified atom stereocenters. The second-order valence-corrected chi connectivity index (χ2v) is 6.45. The van der Waals surface area contributed by atoms with Crippen molar-refractivity contribution in [3.05, 3.63) is 58.3 Å². The fourth-order valence-electron chi connectivity index (χ4n) is 3.10. The zero-order valence-corrected chi connectivity index (χ0v) is 13.0. The van der Waals surface area contributed by atoms with Crippen LogP contribution in [0.5, 0.6) is 0 Å². The minimum atomic E-state index is 0.250. The van der Waals surface area contributed by atoms with Crippen LogP contribution >= 0.6 is 11.3 Å². The van der Waals surface area contributed by atoms with E-state index < -0.39 is 0 Å². The molecule has 3 rings (SSSR count). The van der Waals surface area contributed by atoms with Gasteiger partial charge in [0, 0.05) is 6.54 Å². The van der Waals surface area contributed by atoms with E-state index >= 15 is 0 Å². The fraction of sp³-hybridized carbons (Fsp3) is 0.389. The molecule has 1 saturated heterocycles. The Kier molecular flexibility index (Phi) is 4.71. The van der Waals surface area contributed by atoms with Gasteiger partial charge in [0.1, 0.15) is 0 Å². The third-order valence-electron chi connectivity index (χ3n) is 4.19. The van der Waals surface area contributed by atoms with Gasteiger partial charge in [-0.1, -0.05) is 43.2 Å². The first-order valence-electron chi connectivity index (χ1n) is 7.70. The van der Waals surface area contributed by atoms with Crippen LogP contribution in [0.1, 0.15) is 42.9 Å². The second kappa shape index (κ2) is 6.90. The van der Waals surface area contributed by atoms with Gasteiger partial charge in [-0.3, -0.25) is 4.79 Å². The van der Waals surface area contributed by atoms with Gasteiger partial charge in [0.2, 0.25) is 5.91 Å². The van der Waals surface area contributed by atoms with E-state index in [1.54, 1.807) is 11.3 Å². The molecule has 0 N–H and O–H groups in total. The Balaban J connectivity index is 1.80. The summed E-state index contributed by atoms with van der Waals surface area (Å²) in [6.45, 7) is 0.891. The number of amides is 1. The van der Waals surface area contributed by atoms with E-state index in [0.29, 0.717) is 6.42 Å². The smallest absolute Gasteiger partial charge is 0.227 e.